The lowest BCUT2D eigenvalue weighted by Gasteiger charge is -2.45. The van der Waals surface area contributed by atoms with Crippen LogP contribution in [0.1, 0.15) is 55.3 Å². The zero-order valence-corrected chi connectivity index (χ0v) is 24.4. The average molecular weight is 553 g/mol. The van der Waals surface area contributed by atoms with Gasteiger partial charge >= 0.3 is 0 Å². The lowest BCUT2D eigenvalue weighted by Crippen LogP contribution is -2.53. The summed E-state index contributed by atoms with van der Waals surface area (Å²) in [5.41, 5.74) is -0.0588. The second-order valence-corrected chi connectivity index (χ2v) is 11.7. The molecule has 3 atom stereocenters. The van der Waals surface area contributed by atoms with Gasteiger partial charge in [-0.1, -0.05) is 27.4 Å². The number of ether oxygens (including phenoxy) is 1. The molecular formula is C25H33B3F2N5O3P. The fraction of sp³-hybridized carbons (Fsp3) is 0.440. The number of carbonyl (C=O) groups is 1. The highest BCUT2D eigenvalue weighted by Gasteiger charge is 2.43. The quantitative estimate of drug-likeness (QED) is 0.345. The van der Waals surface area contributed by atoms with Crippen molar-refractivity contribution in [2.75, 3.05) is 18.4 Å². The van der Waals surface area contributed by atoms with E-state index in [2.05, 4.69) is 15.3 Å². The van der Waals surface area contributed by atoms with Gasteiger partial charge < -0.3 is 15.0 Å². The Hall–Kier alpha value is -2.78. The first-order valence-corrected chi connectivity index (χ1v) is 13.7. The van der Waals surface area contributed by atoms with Crippen molar-refractivity contribution in [1.82, 2.24) is 19.4 Å². The smallest absolute Gasteiger partial charge is 0.258 e. The van der Waals surface area contributed by atoms with Gasteiger partial charge in [0, 0.05) is 38.2 Å². The molecule has 1 saturated heterocycles. The van der Waals surface area contributed by atoms with Crippen LogP contribution in [0, 0.1) is 5.82 Å². The van der Waals surface area contributed by atoms with Gasteiger partial charge in [0.25, 0.3) is 5.56 Å². The minimum atomic E-state index is -1.53. The molecule has 2 unspecified atom stereocenters. The van der Waals surface area contributed by atoms with Crippen LogP contribution < -0.4 is 10.9 Å². The second-order valence-electron chi connectivity index (χ2n) is 11.1. The Kier molecular flexibility index (Phi) is 8.25. The Morgan fingerprint density at radius 3 is 2.46 bits per heavy atom. The van der Waals surface area contributed by atoms with Crippen molar-refractivity contribution in [3.05, 3.63) is 63.5 Å². The molecule has 1 amide bonds. The van der Waals surface area contributed by atoms with E-state index in [4.69, 9.17) is 4.74 Å². The van der Waals surface area contributed by atoms with Crippen molar-refractivity contribution < 1.29 is 18.3 Å². The summed E-state index contributed by atoms with van der Waals surface area (Å²) in [5, 5.41) is 3.25. The fourth-order valence-corrected chi connectivity index (χ4v) is 5.56. The zero-order chi connectivity index (χ0) is 28.7. The van der Waals surface area contributed by atoms with Crippen molar-refractivity contribution in [2.45, 2.75) is 49.5 Å². The van der Waals surface area contributed by atoms with Gasteiger partial charge in [-0.25, -0.2) is 18.7 Å². The van der Waals surface area contributed by atoms with Crippen LogP contribution in [0.2, 0.25) is 0 Å². The molecule has 39 heavy (non-hydrogen) atoms. The molecule has 0 saturated carbocycles. The summed E-state index contributed by atoms with van der Waals surface area (Å²) in [6.07, 6.45) is 2.25. The molecule has 8 nitrogen and oxygen atoms in total. The van der Waals surface area contributed by atoms with Gasteiger partial charge in [-0.15, -0.1) is 0 Å². The number of nitrogens with one attached hydrogen (secondary N) is 1. The van der Waals surface area contributed by atoms with Crippen LogP contribution in [0.5, 0.6) is 0 Å². The van der Waals surface area contributed by atoms with Gasteiger partial charge in [-0.2, -0.15) is 0 Å². The number of hydrogen-bond acceptors (Lipinski definition) is 6. The Morgan fingerprint density at radius 2 is 1.87 bits per heavy atom. The van der Waals surface area contributed by atoms with Crippen molar-refractivity contribution in [2.24, 2.45) is 7.05 Å². The molecule has 0 radical (unpaired) electrons. The standard InChI is InChI=1S/C25H33B3F2N5O3P/c1-13(15-5-4-6-16(19(15)29)20(30)39)33-21-17-11-18(23(37)34(3)22(17)32-12-31-21)24(38-25(26,27)28)7-9-35(10-8-24)14(2)36/h4-6,11-13,20H,7-10,26-28,39H2,1-3H3,(H,31,32,33)/t13-,20?/m1/s1. The van der Waals surface area contributed by atoms with Crippen LogP contribution >= 0.6 is 9.24 Å². The number of halogens is 2. The molecule has 1 fully saturated rings. The van der Waals surface area contributed by atoms with E-state index in [0.717, 1.165) is 0 Å². The molecule has 204 valence electrons. The monoisotopic (exact) mass is 553 g/mol. The van der Waals surface area contributed by atoms with Crippen LogP contribution in [-0.4, -0.2) is 67.3 Å². The zero-order valence-electron chi connectivity index (χ0n) is 23.2. The van der Waals surface area contributed by atoms with E-state index in [-0.39, 0.29) is 17.0 Å². The summed E-state index contributed by atoms with van der Waals surface area (Å²) in [5.74, 6) is -1.76. The molecule has 14 heteroatoms. The van der Waals surface area contributed by atoms with E-state index in [1.165, 1.54) is 23.9 Å². The van der Waals surface area contributed by atoms with Crippen molar-refractivity contribution in [3.8, 4) is 0 Å². The number of piperidine rings is 1. The minimum Gasteiger partial charge on any atom is -0.389 e. The van der Waals surface area contributed by atoms with E-state index >= 15 is 4.39 Å². The predicted molar refractivity (Wildman–Crippen MR) is 159 cm³/mol. The third-order valence-electron chi connectivity index (χ3n) is 7.19. The molecule has 4 rings (SSSR count). The molecule has 2 aromatic heterocycles. The molecule has 1 aromatic carbocycles. The van der Waals surface area contributed by atoms with Gasteiger partial charge in [0.05, 0.1) is 22.6 Å². The van der Waals surface area contributed by atoms with Crippen LogP contribution in [0.3, 0.4) is 0 Å². The number of aromatic nitrogens is 3. The first-order chi connectivity index (χ1) is 18.2. The number of alkyl halides is 1. The van der Waals surface area contributed by atoms with Gasteiger partial charge in [0.15, 0.2) is 0 Å². The Balaban J connectivity index is 1.82. The summed E-state index contributed by atoms with van der Waals surface area (Å²) in [6, 6.07) is 5.82. The van der Waals surface area contributed by atoms with E-state index in [9.17, 15) is 14.0 Å². The molecular weight excluding hydrogens is 520 g/mol. The lowest BCUT2D eigenvalue weighted by molar-refractivity contribution is -0.138. The molecule has 3 aromatic rings. The number of carbonyl (C=O) groups excluding carboxylic acids is 1. The minimum absolute atomic E-state index is 0.0169. The number of likely N-dealkylation sites (tertiary alicyclic amines) is 1. The number of nitrogens with zero attached hydrogens (tertiary/aromatic N) is 4. The SMILES string of the molecule is BC(B)(B)OC1(c2cc3c(N[C@H](C)c4cccc(C(F)P)c4F)ncnc3n(C)c2=O)CCN(C(C)=O)CC1. The lowest BCUT2D eigenvalue weighted by atomic mass is 9.52. The summed E-state index contributed by atoms with van der Waals surface area (Å²) in [6.45, 7) is 4.22. The maximum atomic E-state index is 15.1. The summed E-state index contributed by atoms with van der Waals surface area (Å²) in [7, 11) is 9.43. The van der Waals surface area contributed by atoms with E-state index in [0.29, 0.717) is 53.9 Å². The highest BCUT2D eigenvalue weighted by Crippen LogP contribution is 2.39. The number of aryl methyl sites for hydroxylation is 1. The van der Waals surface area contributed by atoms with Crippen LogP contribution in [0.25, 0.3) is 11.0 Å². The summed E-state index contributed by atoms with van der Waals surface area (Å²) >= 11 is 0. The van der Waals surface area contributed by atoms with E-state index in [1.54, 1.807) is 37.1 Å². The van der Waals surface area contributed by atoms with Crippen LogP contribution in [-0.2, 0) is 22.2 Å². The number of benzene rings is 1. The highest BCUT2D eigenvalue weighted by atomic mass is 31.0. The molecule has 1 aliphatic rings. The van der Waals surface area contributed by atoms with Gasteiger partial charge in [0.1, 0.15) is 53.1 Å². The topological polar surface area (TPSA) is 89.3 Å². The number of pyridine rings is 1. The average Bonchev–Trinajstić information content (AvgIpc) is 2.85. The first-order valence-electron chi connectivity index (χ1n) is 13.0. The third-order valence-corrected chi connectivity index (χ3v) is 7.55. The highest BCUT2D eigenvalue weighted by molar-refractivity contribution is 7.16. The van der Waals surface area contributed by atoms with Crippen molar-refractivity contribution in [3.63, 3.8) is 0 Å². The Labute approximate surface area is 231 Å². The molecule has 1 aliphatic heterocycles. The van der Waals surface area contributed by atoms with Gasteiger partial charge in [-0.3, -0.25) is 14.2 Å². The van der Waals surface area contributed by atoms with Crippen molar-refractivity contribution in [1.29, 1.82) is 0 Å². The number of anilines is 1. The van der Waals surface area contributed by atoms with Gasteiger partial charge in [-0.05, 0) is 31.1 Å². The van der Waals surface area contributed by atoms with Crippen LogP contribution in [0.15, 0.2) is 35.4 Å². The number of rotatable bonds is 7. The molecule has 0 bridgehead atoms. The van der Waals surface area contributed by atoms with Crippen molar-refractivity contribution >= 4 is 55.5 Å². The molecule has 0 aliphatic carbocycles. The summed E-state index contributed by atoms with van der Waals surface area (Å²) < 4.78 is 37.1. The second kappa shape index (κ2) is 11.0. The van der Waals surface area contributed by atoms with Crippen LogP contribution in [0.4, 0.5) is 14.6 Å². The molecule has 3 heterocycles. The molecule has 1 N–H and O–H groups in total. The number of fused-ring (bicyclic) bond motifs is 1. The maximum Gasteiger partial charge on any atom is 0.258 e. The first kappa shape index (κ1) is 29.2. The Bertz CT molecular complexity index is 1460. The Morgan fingerprint density at radius 1 is 1.23 bits per heavy atom. The van der Waals surface area contributed by atoms with E-state index < -0.39 is 28.7 Å². The third kappa shape index (κ3) is 5.89. The summed E-state index contributed by atoms with van der Waals surface area (Å²) in [4.78, 5) is 36.3. The van der Waals surface area contributed by atoms with Gasteiger partial charge in [0.2, 0.25) is 5.91 Å². The fourth-order valence-electron chi connectivity index (χ4n) is 5.30. The normalized spacial score (nSPS) is 17.1. The van der Waals surface area contributed by atoms with E-state index in [1.807, 2.05) is 32.8 Å². The molecule has 0 spiro atoms. The largest absolute Gasteiger partial charge is 0.389 e. The predicted octanol–water partition coefficient (Wildman–Crippen LogP) is 0.849. The number of amides is 1. The maximum absolute atomic E-state index is 15.1. The number of hydrogen-bond donors (Lipinski definition) is 1.